The van der Waals surface area contributed by atoms with E-state index in [4.69, 9.17) is 9.41 Å². The van der Waals surface area contributed by atoms with Crippen LogP contribution in [0.15, 0.2) is 52.1 Å². The van der Waals surface area contributed by atoms with Crippen LogP contribution < -0.4 is 10.6 Å². The van der Waals surface area contributed by atoms with Crippen molar-refractivity contribution in [2.24, 2.45) is 10.4 Å². The third-order valence-corrected chi connectivity index (χ3v) is 4.68. The number of nitrogens with zero attached hydrogens (tertiary/aromatic N) is 2. The molecule has 1 aromatic heterocycles. The molecule has 0 radical (unpaired) electrons. The lowest BCUT2D eigenvalue weighted by atomic mass is 9.93. The number of benzene rings is 1. The summed E-state index contributed by atoms with van der Waals surface area (Å²) in [7, 11) is 0. The van der Waals surface area contributed by atoms with Crippen molar-refractivity contribution >= 4 is 41.5 Å². The van der Waals surface area contributed by atoms with E-state index in [0.717, 1.165) is 36.8 Å². The van der Waals surface area contributed by atoms with Gasteiger partial charge in [-0.15, -0.1) is 24.0 Å². The first-order valence-electron chi connectivity index (χ1n) is 9.44. The third-order valence-electron chi connectivity index (χ3n) is 4.68. The summed E-state index contributed by atoms with van der Waals surface area (Å²) in [5.74, 6) is 1.02. The summed E-state index contributed by atoms with van der Waals surface area (Å²) >= 11 is 0. The number of guanidine groups is 1. The quantitative estimate of drug-likeness (QED) is 0.367. The Morgan fingerprint density at radius 3 is 2.57 bits per heavy atom. The van der Waals surface area contributed by atoms with E-state index in [9.17, 15) is 4.79 Å². The SMILES string of the molecule is CCNC(=NCc1ccc(NC(=O)c2ccco2)cc1)N1CCC(C)(C)C1.I. The predicted octanol–water partition coefficient (Wildman–Crippen LogP) is 4.35. The highest BCUT2D eigenvalue weighted by Crippen LogP contribution is 2.28. The first-order valence-corrected chi connectivity index (χ1v) is 9.44. The van der Waals surface area contributed by atoms with E-state index < -0.39 is 0 Å². The van der Waals surface area contributed by atoms with Crippen LogP contribution in [0.5, 0.6) is 0 Å². The Labute approximate surface area is 183 Å². The van der Waals surface area contributed by atoms with Gasteiger partial charge in [-0.1, -0.05) is 26.0 Å². The van der Waals surface area contributed by atoms with Crippen molar-refractivity contribution in [3.05, 3.63) is 54.0 Å². The highest BCUT2D eigenvalue weighted by Gasteiger charge is 2.30. The van der Waals surface area contributed by atoms with Gasteiger partial charge in [0.25, 0.3) is 5.91 Å². The van der Waals surface area contributed by atoms with Gasteiger partial charge in [-0.05, 0) is 48.6 Å². The molecule has 0 bridgehead atoms. The maximum absolute atomic E-state index is 12.0. The predicted molar refractivity (Wildman–Crippen MR) is 123 cm³/mol. The molecule has 1 amide bonds. The zero-order chi connectivity index (χ0) is 19.3. The van der Waals surface area contributed by atoms with Crippen LogP contribution in [0.2, 0.25) is 0 Å². The molecular formula is C21H29IN4O2. The lowest BCUT2D eigenvalue weighted by molar-refractivity contribution is 0.0996. The van der Waals surface area contributed by atoms with E-state index in [2.05, 4.69) is 36.3 Å². The summed E-state index contributed by atoms with van der Waals surface area (Å²) in [6.45, 7) is 10.2. The molecule has 1 aromatic carbocycles. The van der Waals surface area contributed by atoms with E-state index in [-0.39, 0.29) is 29.9 Å². The number of amides is 1. The first kappa shape index (κ1) is 22.3. The van der Waals surface area contributed by atoms with Gasteiger partial charge in [-0.25, -0.2) is 4.99 Å². The average Bonchev–Trinajstić information content (AvgIpc) is 3.29. The van der Waals surface area contributed by atoms with Crippen molar-refractivity contribution in [3.63, 3.8) is 0 Å². The van der Waals surface area contributed by atoms with Gasteiger partial charge in [0.2, 0.25) is 0 Å². The number of hydrogen-bond acceptors (Lipinski definition) is 3. The number of carbonyl (C=O) groups excluding carboxylic acids is 1. The third kappa shape index (κ3) is 5.98. The van der Waals surface area contributed by atoms with E-state index >= 15 is 0 Å². The fourth-order valence-corrected chi connectivity index (χ4v) is 3.18. The maximum Gasteiger partial charge on any atom is 0.291 e. The molecule has 3 rings (SSSR count). The van der Waals surface area contributed by atoms with Gasteiger partial charge in [0.15, 0.2) is 11.7 Å². The molecule has 0 atom stereocenters. The zero-order valence-electron chi connectivity index (χ0n) is 16.7. The highest BCUT2D eigenvalue weighted by atomic mass is 127. The van der Waals surface area contributed by atoms with Gasteiger partial charge in [0.1, 0.15) is 0 Å². The van der Waals surface area contributed by atoms with Crippen molar-refractivity contribution < 1.29 is 9.21 Å². The molecule has 2 heterocycles. The second-order valence-corrected chi connectivity index (χ2v) is 7.63. The summed E-state index contributed by atoms with van der Waals surface area (Å²) in [5, 5.41) is 6.22. The lowest BCUT2D eigenvalue weighted by Gasteiger charge is -2.23. The highest BCUT2D eigenvalue weighted by molar-refractivity contribution is 14.0. The second-order valence-electron chi connectivity index (χ2n) is 7.63. The van der Waals surface area contributed by atoms with E-state index in [1.807, 2.05) is 24.3 Å². The summed E-state index contributed by atoms with van der Waals surface area (Å²) in [6.07, 6.45) is 2.67. The number of rotatable bonds is 5. The van der Waals surface area contributed by atoms with Crippen LogP contribution in [-0.2, 0) is 6.54 Å². The minimum atomic E-state index is -0.253. The van der Waals surface area contributed by atoms with Gasteiger partial charge in [0, 0.05) is 25.3 Å². The molecule has 152 valence electrons. The molecule has 1 aliphatic rings. The number of aliphatic imine (C=N–C) groups is 1. The van der Waals surface area contributed by atoms with Gasteiger partial charge < -0.3 is 20.0 Å². The second kappa shape index (κ2) is 9.95. The van der Waals surface area contributed by atoms with Gasteiger partial charge in [0.05, 0.1) is 12.8 Å². The van der Waals surface area contributed by atoms with Crippen LogP contribution in [0, 0.1) is 5.41 Å². The Bertz CT molecular complexity index is 785. The van der Waals surface area contributed by atoms with Crippen LogP contribution in [-0.4, -0.2) is 36.4 Å². The molecule has 1 saturated heterocycles. The molecule has 1 aliphatic heterocycles. The molecule has 0 aliphatic carbocycles. The van der Waals surface area contributed by atoms with E-state index in [0.29, 0.717) is 17.7 Å². The van der Waals surface area contributed by atoms with Crippen molar-refractivity contribution in [1.29, 1.82) is 0 Å². The Hall–Kier alpha value is -2.03. The van der Waals surface area contributed by atoms with E-state index in [1.165, 1.54) is 12.7 Å². The van der Waals surface area contributed by atoms with Crippen molar-refractivity contribution in [1.82, 2.24) is 10.2 Å². The smallest absolute Gasteiger partial charge is 0.291 e. The lowest BCUT2D eigenvalue weighted by Crippen LogP contribution is -2.40. The zero-order valence-corrected chi connectivity index (χ0v) is 19.0. The Kier molecular flexibility index (Phi) is 7.91. The van der Waals surface area contributed by atoms with Gasteiger partial charge in [-0.2, -0.15) is 0 Å². The normalized spacial score (nSPS) is 15.8. The minimum absolute atomic E-state index is 0. The van der Waals surface area contributed by atoms with E-state index in [1.54, 1.807) is 12.1 Å². The summed E-state index contributed by atoms with van der Waals surface area (Å²) in [4.78, 5) is 19.1. The molecular weight excluding hydrogens is 467 g/mol. The molecule has 1 fully saturated rings. The fourth-order valence-electron chi connectivity index (χ4n) is 3.18. The molecule has 7 heteroatoms. The maximum atomic E-state index is 12.0. The summed E-state index contributed by atoms with van der Waals surface area (Å²) < 4.78 is 5.10. The molecule has 2 N–H and O–H groups in total. The van der Waals surface area contributed by atoms with Crippen LogP contribution >= 0.6 is 24.0 Å². The topological polar surface area (TPSA) is 69.9 Å². The van der Waals surface area contributed by atoms with Crippen LogP contribution in [0.3, 0.4) is 0 Å². The van der Waals surface area contributed by atoms with Gasteiger partial charge >= 0.3 is 0 Å². The minimum Gasteiger partial charge on any atom is -0.459 e. The number of furan rings is 1. The molecule has 0 saturated carbocycles. The van der Waals surface area contributed by atoms with Gasteiger partial charge in [-0.3, -0.25) is 4.79 Å². The largest absolute Gasteiger partial charge is 0.459 e. The number of hydrogen-bond donors (Lipinski definition) is 2. The number of anilines is 1. The van der Waals surface area contributed by atoms with Crippen LogP contribution in [0.4, 0.5) is 5.69 Å². The van der Waals surface area contributed by atoms with Crippen molar-refractivity contribution in [3.8, 4) is 0 Å². The molecule has 28 heavy (non-hydrogen) atoms. The Morgan fingerprint density at radius 1 is 1.25 bits per heavy atom. The number of nitrogens with one attached hydrogen (secondary N) is 2. The summed E-state index contributed by atoms with van der Waals surface area (Å²) in [5.41, 5.74) is 2.17. The van der Waals surface area contributed by atoms with Crippen molar-refractivity contribution in [2.75, 3.05) is 25.0 Å². The first-order chi connectivity index (χ1) is 13.0. The average molecular weight is 496 g/mol. The molecule has 6 nitrogen and oxygen atoms in total. The number of likely N-dealkylation sites (tertiary alicyclic amines) is 1. The monoisotopic (exact) mass is 496 g/mol. The number of halogens is 1. The standard InChI is InChI=1S/C21H28N4O2.HI/c1-4-22-20(25-12-11-21(2,3)15-25)23-14-16-7-9-17(10-8-16)24-19(26)18-6-5-13-27-18;/h5-10,13H,4,11-12,14-15H2,1-3H3,(H,22,23)(H,24,26);1H. The molecule has 0 unspecified atom stereocenters. The van der Waals surface area contributed by atoms with Crippen LogP contribution in [0.1, 0.15) is 43.3 Å². The number of carbonyl (C=O) groups is 1. The molecule has 0 spiro atoms. The Balaban J connectivity index is 0.00000280. The summed E-state index contributed by atoms with van der Waals surface area (Å²) in [6, 6.07) is 11.1. The van der Waals surface area contributed by atoms with Crippen LogP contribution in [0.25, 0.3) is 0 Å². The Morgan fingerprint density at radius 2 is 2.00 bits per heavy atom. The fraction of sp³-hybridized carbons (Fsp3) is 0.429. The van der Waals surface area contributed by atoms with Crippen molar-refractivity contribution in [2.45, 2.75) is 33.7 Å². The molecule has 2 aromatic rings.